The number of esters is 1. The van der Waals surface area contributed by atoms with Gasteiger partial charge in [-0.25, -0.2) is 4.98 Å². The Balaban J connectivity index is 1.56. The third-order valence-electron chi connectivity index (χ3n) is 4.80. The Labute approximate surface area is 163 Å². The number of hydrogen-bond acceptors (Lipinski definition) is 6. The first-order valence-electron chi connectivity index (χ1n) is 9.23. The molecule has 1 N–H and O–H groups in total. The smallest absolute Gasteiger partial charge is 0.319 e. The van der Waals surface area contributed by atoms with Crippen molar-refractivity contribution in [3.8, 4) is 0 Å². The Hall–Kier alpha value is -2.25. The highest BCUT2D eigenvalue weighted by atomic mass is 32.1. The van der Waals surface area contributed by atoms with Crippen molar-refractivity contribution in [3.05, 3.63) is 52.0 Å². The monoisotopic (exact) mass is 387 g/mol. The molecule has 1 aromatic heterocycles. The highest BCUT2D eigenvalue weighted by Gasteiger charge is 2.25. The van der Waals surface area contributed by atoms with Crippen LogP contribution in [0.15, 0.2) is 35.7 Å². The summed E-state index contributed by atoms with van der Waals surface area (Å²) >= 11 is 1.53. The molecule has 0 spiro atoms. The van der Waals surface area contributed by atoms with E-state index in [0.717, 1.165) is 23.5 Å². The van der Waals surface area contributed by atoms with Gasteiger partial charge in [0.25, 0.3) is 5.91 Å². The predicted molar refractivity (Wildman–Crippen MR) is 104 cm³/mol. The van der Waals surface area contributed by atoms with E-state index in [0.29, 0.717) is 31.2 Å². The summed E-state index contributed by atoms with van der Waals surface area (Å²) in [5.41, 5.74) is 1.57. The molecule has 1 aliphatic rings. The zero-order valence-corrected chi connectivity index (χ0v) is 16.3. The molecule has 2 aromatic rings. The second kappa shape index (κ2) is 9.62. The van der Waals surface area contributed by atoms with Crippen LogP contribution in [0.5, 0.6) is 0 Å². The molecule has 0 unspecified atom stereocenters. The summed E-state index contributed by atoms with van der Waals surface area (Å²) in [6, 6.07) is 9.55. The number of benzene rings is 1. The number of aromatic nitrogens is 1. The number of amides is 1. The molecule has 3 rings (SSSR count). The van der Waals surface area contributed by atoms with Crippen molar-refractivity contribution in [1.29, 1.82) is 0 Å². The van der Waals surface area contributed by atoms with Crippen molar-refractivity contribution < 1.29 is 14.3 Å². The zero-order chi connectivity index (χ0) is 19.1. The summed E-state index contributed by atoms with van der Waals surface area (Å²) in [7, 11) is 1.42. The lowest BCUT2D eigenvalue weighted by Crippen LogP contribution is -2.37. The quantitative estimate of drug-likeness (QED) is 0.705. The van der Waals surface area contributed by atoms with E-state index in [1.165, 1.54) is 31.3 Å². The van der Waals surface area contributed by atoms with Crippen LogP contribution in [0.4, 0.5) is 0 Å². The van der Waals surface area contributed by atoms with E-state index in [2.05, 4.69) is 15.2 Å². The van der Waals surface area contributed by atoms with E-state index in [4.69, 9.17) is 4.74 Å². The number of thiazole rings is 1. The maximum absolute atomic E-state index is 12.1. The molecule has 0 aliphatic heterocycles. The summed E-state index contributed by atoms with van der Waals surface area (Å²) in [5.74, 6) is -0.321. The summed E-state index contributed by atoms with van der Waals surface area (Å²) in [6.07, 6.45) is 4.63. The predicted octanol–water partition coefficient (Wildman–Crippen LogP) is 2.99. The summed E-state index contributed by atoms with van der Waals surface area (Å²) < 4.78 is 4.84. The largest absolute Gasteiger partial charge is 0.468 e. The SMILES string of the molecule is COC(=O)CN(Cc1csc(CNC(=O)c2ccccc2)n1)C1CCCC1. The summed E-state index contributed by atoms with van der Waals surface area (Å²) in [6.45, 7) is 1.32. The highest BCUT2D eigenvalue weighted by molar-refractivity contribution is 7.09. The van der Waals surface area contributed by atoms with Crippen molar-refractivity contribution in [2.24, 2.45) is 0 Å². The maximum atomic E-state index is 12.1. The Bertz CT molecular complexity index is 757. The molecule has 0 saturated heterocycles. The fourth-order valence-electron chi connectivity index (χ4n) is 3.37. The Kier molecular flexibility index (Phi) is 6.95. The van der Waals surface area contributed by atoms with Gasteiger partial charge in [-0.1, -0.05) is 31.0 Å². The zero-order valence-electron chi connectivity index (χ0n) is 15.5. The molecule has 27 heavy (non-hydrogen) atoms. The molecule has 144 valence electrons. The fraction of sp³-hybridized carbons (Fsp3) is 0.450. The van der Waals surface area contributed by atoms with Gasteiger partial charge >= 0.3 is 5.97 Å². The second-order valence-electron chi connectivity index (χ2n) is 6.70. The summed E-state index contributed by atoms with van der Waals surface area (Å²) in [4.78, 5) is 30.7. The molecular formula is C20H25N3O3S. The second-order valence-corrected chi connectivity index (χ2v) is 7.64. The number of hydrogen-bond donors (Lipinski definition) is 1. The first kappa shape index (κ1) is 19.5. The van der Waals surface area contributed by atoms with E-state index in [1.54, 1.807) is 12.1 Å². The lowest BCUT2D eigenvalue weighted by atomic mass is 10.2. The minimum Gasteiger partial charge on any atom is -0.468 e. The molecule has 1 heterocycles. The molecule has 1 aromatic carbocycles. The van der Waals surface area contributed by atoms with Gasteiger partial charge in [0.2, 0.25) is 0 Å². The van der Waals surface area contributed by atoms with Crippen LogP contribution in [0.1, 0.15) is 46.7 Å². The fourth-order valence-corrected chi connectivity index (χ4v) is 4.10. The molecule has 0 atom stereocenters. The van der Waals surface area contributed by atoms with E-state index in [-0.39, 0.29) is 11.9 Å². The van der Waals surface area contributed by atoms with Gasteiger partial charge in [0.1, 0.15) is 5.01 Å². The number of ether oxygens (including phenoxy) is 1. The average Bonchev–Trinajstić information content (AvgIpc) is 3.38. The van der Waals surface area contributed by atoms with Crippen molar-refractivity contribution >= 4 is 23.2 Å². The van der Waals surface area contributed by atoms with Gasteiger partial charge in [0.05, 0.1) is 25.9 Å². The Morgan fingerprint density at radius 3 is 2.70 bits per heavy atom. The molecule has 0 radical (unpaired) electrons. The number of nitrogens with one attached hydrogen (secondary N) is 1. The number of rotatable bonds is 8. The van der Waals surface area contributed by atoms with E-state index in [9.17, 15) is 9.59 Å². The molecule has 1 amide bonds. The molecule has 7 heteroatoms. The summed E-state index contributed by atoms with van der Waals surface area (Å²) in [5, 5.41) is 5.76. The standard InChI is InChI=1S/C20H25N3O3S/c1-26-19(24)13-23(17-9-5-6-10-17)12-16-14-27-18(22-16)11-21-20(25)15-7-3-2-4-8-15/h2-4,7-8,14,17H,5-6,9-13H2,1H3,(H,21,25). The van der Waals surface area contributed by atoms with Crippen LogP contribution < -0.4 is 5.32 Å². The number of carbonyl (C=O) groups excluding carboxylic acids is 2. The first-order chi connectivity index (χ1) is 13.2. The van der Waals surface area contributed by atoms with E-state index in [1.807, 2.05) is 23.6 Å². The topological polar surface area (TPSA) is 71.5 Å². The molecule has 1 aliphatic carbocycles. The van der Waals surface area contributed by atoms with Gasteiger partial charge in [0, 0.05) is 23.5 Å². The number of nitrogens with zero attached hydrogens (tertiary/aromatic N) is 2. The van der Waals surface area contributed by atoms with Crippen molar-refractivity contribution in [1.82, 2.24) is 15.2 Å². The highest BCUT2D eigenvalue weighted by Crippen LogP contribution is 2.25. The van der Waals surface area contributed by atoms with Crippen molar-refractivity contribution in [3.63, 3.8) is 0 Å². The number of carbonyl (C=O) groups is 2. The number of methoxy groups -OCH3 is 1. The van der Waals surface area contributed by atoms with Crippen LogP contribution in [0.25, 0.3) is 0 Å². The van der Waals surface area contributed by atoms with Crippen LogP contribution in [-0.2, 0) is 22.6 Å². The third-order valence-corrected chi connectivity index (χ3v) is 5.70. The Morgan fingerprint density at radius 1 is 1.26 bits per heavy atom. The normalized spacial score (nSPS) is 14.4. The van der Waals surface area contributed by atoms with E-state index < -0.39 is 0 Å². The molecule has 0 bridgehead atoms. The lowest BCUT2D eigenvalue weighted by molar-refractivity contribution is -0.142. The lowest BCUT2D eigenvalue weighted by Gasteiger charge is -2.26. The van der Waals surface area contributed by atoms with Gasteiger partial charge in [0.15, 0.2) is 0 Å². The van der Waals surface area contributed by atoms with Crippen molar-refractivity contribution in [2.75, 3.05) is 13.7 Å². The minimum atomic E-state index is -0.215. The van der Waals surface area contributed by atoms with Crippen LogP contribution in [0.3, 0.4) is 0 Å². The average molecular weight is 388 g/mol. The van der Waals surface area contributed by atoms with Crippen LogP contribution in [0, 0.1) is 0 Å². The molecule has 1 fully saturated rings. The van der Waals surface area contributed by atoms with Gasteiger partial charge in [-0.3, -0.25) is 14.5 Å². The first-order valence-corrected chi connectivity index (χ1v) is 10.1. The van der Waals surface area contributed by atoms with Crippen LogP contribution >= 0.6 is 11.3 Å². The van der Waals surface area contributed by atoms with E-state index >= 15 is 0 Å². The molecule has 1 saturated carbocycles. The van der Waals surface area contributed by atoms with Gasteiger partial charge in [-0.15, -0.1) is 11.3 Å². The van der Waals surface area contributed by atoms with Gasteiger partial charge in [-0.05, 0) is 25.0 Å². The molecule has 6 nitrogen and oxygen atoms in total. The third kappa shape index (κ3) is 5.61. The van der Waals surface area contributed by atoms with Gasteiger partial charge in [-0.2, -0.15) is 0 Å². The van der Waals surface area contributed by atoms with Crippen LogP contribution in [-0.4, -0.2) is 41.5 Å². The van der Waals surface area contributed by atoms with Crippen LogP contribution in [0.2, 0.25) is 0 Å². The Morgan fingerprint density at radius 2 is 2.00 bits per heavy atom. The molecular weight excluding hydrogens is 362 g/mol. The maximum Gasteiger partial charge on any atom is 0.319 e. The van der Waals surface area contributed by atoms with Crippen molar-refractivity contribution in [2.45, 2.75) is 44.8 Å². The minimum absolute atomic E-state index is 0.106. The van der Waals surface area contributed by atoms with Gasteiger partial charge < -0.3 is 10.1 Å².